The van der Waals surface area contributed by atoms with Crippen molar-refractivity contribution in [3.05, 3.63) is 110 Å². The molecule has 5 amide bonds. The highest BCUT2D eigenvalue weighted by atomic mass is 16.5. The lowest BCUT2D eigenvalue weighted by molar-refractivity contribution is -0.136. The number of aromatic nitrogens is 1. The number of ether oxygens (including phenoxy) is 2. The van der Waals surface area contributed by atoms with Gasteiger partial charge >= 0.3 is 0 Å². The molecular formula is C49H57N7O8. The summed E-state index contributed by atoms with van der Waals surface area (Å²) in [6.45, 7) is 14.8. The van der Waals surface area contributed by atoms with Gasteiger partial charge in [0.1, 0.15) is 11.8 Å². The van der Waals surface area contributed by atoms with Gasteiger partial charge in [-0.25, -0.2) is 0 Å². The van der Waals surface area contributed by atoms with Crippen LogP contribution in [0.4, 0.5) is 11.4 Å². The van der Waals surface area contributed by atoms with Crippen molar-refractivity contribution < 1.29 is 33.4 Å². The Morgan fingerprint density at radius 1 is 0.859 bits per heavy atom. The summed E-state index contributed by atoms with van der Waals surface area (Å²) in [7, 11) is 0. The fourth-order valence-corrected chi connectivity index (χ4v) is 9.49. The first-order chi connectivity index (χ1) is 30.9. The van der Waals surface area contributed by atoms with E-state index in [4.69, 9.17) is 9.47 Å². The fraction of sp³-hybridized carbons (Fsp3) is 0.429. The Morgan fingerprint density at radius 3 is 2.30 bits per heavy atom. The summed E-state index contributed by atoms with van der Waals surface area (Å²) in [5, 5.41) is 5.27. The van der Waals surface area contributed by atoms with E-state index in [1.54, 1.807) is 12.1 Å². The van der Waals surface area contributed by atoms with Crippen molar-refractivity contribution in [2.45, 2.75) is 78.4 Å². The molecule has 1 atom stereocenters. The third-order valence-electron chi connectivity index (χ3n) is 13.1. The number of carbonyl (C=O) groups excluding carboxylic acids is 5. The van der Waals surface area contributed by atoms with E-state index >= 15 is 0 Å². The van der Waals surface area contributed by atoms with Crippen molar-refractivity contribution in [1.29, 1.82) is 0 Å². The minimum Gasteiger partial charge on any atom is -0.494 e. The van der Waals surface area contributed by atoms with Gasteiger partial charge in [-0.1, -0.05) is 12.1 Å². The molecule has 0 saturated carbocycles. The second-order valence-electron chi connectivity index (χ2n) is 17.2. The highest BCUT2D eigenvalue weighted by Crippen LogP contribution is 2.35. The van der Waals surface area contributed by atoms with E-state index in [9.17, 15) is 28.8 Å². The van der Waals surface area contributed by atoms with Gasteiger partial charge in [-0.2, -0.15) is 0 Å². The first-order valence-electron chi connectivity index (χ1n) is 22.4. The molecule has 0 spiro atoms. The Kier molecular flexibility index (Phi) is 13.3. The number of piperazine rings is 1. The topological polar surface area (TPSA) is 174 Å². The van der Waals surface area contributed by atoms with E-state index in [0.29, 0.717) is 37.0 Å². The summed E-state index contributed by atoms with van der Waals surface area (Å²) >= 11 is 0. The molecule has 0 bridgehead atoms. The minimum atomic E-state index is -0.988. The summed E-state index contributed by atoms with van der Waals surface area (Å²) < 4.78 is 11.9. The average Bonchev–Trinajstić information content (AvgIpc) is 3.53. The maximum absolute atomic E-state index is 13.9. The van der Waals surface area contributed by atoms with Crippen molar-refractivity contribution >= 4 is 40.9 Å². The van der Waals surface area contributed by atoms with Crippen molar-refractivity contribution in [2.75, 3.05) is 68.9 Å². The molecule has 8 rings (SSSR count). The second-order valence-corrected chi connectivity index (χ2v) is 17.2. The standard InChI is InChI=1S/C49H57N7O8/c1-5-55(35-15-23-63-24-16-35)43-27-34(26-39(32(43)4)45(58)50-29-41-30(2)25-31(3)51-46(41)59)33-7-10-37(11-8-33)64-22-6-17-53-18-20-54(21-19-53)36-9-12-38-40(28-36)49(62)56(48(38)61)42-13-14-44(57)52-47(42)60/h7-12,25-28,35,42H,5-6,13-24,29H2,1-4H3,(H,50,58)(H,51,59)(H,52,57,60). The van der Waals surface area contributed by atoms with Crippen molar-refractivity contribution in [1.82, 2.24) is 25.4 Å². The van der Waals surface area contributed by atoms with Crippen LogP contribution in [0.15, 0.2) is 65.5 Å². The zero-order valence-corrected chi connectivity index (χ0v) is 37.1. The molecule has 15 heteroatoms. The van der Waals surface area contributed by atoms with E-state index in [-0.39, 0.29) is 42.0 Å². The number of fused-ring (bicyclic) bond motifs is 1. The van der Waals surface area contributed by atoms with Crippen LogP contribution in [0.1, 0.15) is 92.5 Å². The zero-order chi connectivity index (χ0) is 45.1. The fourth-order valence-electron chi connectivity index (χ4n) is 9.49. The monoisotopic (exact) mass is 871 g/mol. The number of anilines is 2. The molecule has 0 radical (unpaired) electrons. The minimum absolute atomic E-state index is 0.0807. The SMILES string of the molecule is CCN(c1cc(-c2ccc(OCCCN3CCN(c4ccc5c(c4)C(=O)N(C4CCC(=O)NC4=O)C5=O)CC3)cc2)cc(C(=O)NCc2c(C)cc(C)[nH]c2=O)c1C)C1CCOCC1. The van der Waals surface area contributed by atoms with Crippen LogP contribution in [-0.4, -0.2) is 115 Å². The van der Waals surface area contributed by atoms with Gasteiger partial charge in [-0.3, -0.25) is 43.9 Å². The lowest BCUT2D eigenvalue weighted by Gasteiger charge is -2.37. The van der Waals surface area contributed by atoms with Crippen LogP contribution in [0.5, 0.6) is 5.75 Å². The van der Waals surface area contributed by atoms with E-state index in [2.05, 4.69) is 43.3 Å². The number of pyridine rings is 1. The smallest absolute Gasteiger partial charge is 0.262 e. The molecule has 3 aromatic carbocycles. The predicted molar refractivity (Wildman–Crippen MR) is 243 cm³/mol. The molecule has 4 aromatic rings. The molecule has 1 unspecified atom stereocenters. The van der Waals surface area contributed by atoms with Gasteiger partial charge in [0.25, 0.3) is 23.3 Å². The molecular weight excluding hydrogens is 815 g/mol. The molecule has 3 fully saturated rings. The number of aryl methyl sites for hydroxylation is 2. The van der Waals surface area contributed by atoms with Gasteiger partial charge in [0.05, 0.1) is 17.7 Å². The Labute approximate surface area is 373 Å². The number of aromatic amines is 1. The normalized spacial score (nSPS) is 18.3. The van der Waals surface area contributed by atoms with E-state index in [0.717, 1.165) is 109 Å². The molecule has 64 heavy (non-hydrogen) atoms. The van der Waals surface area contributed by atoms with Crippen LogP contribution in [0, 0.1) is 20.8 Å². The molecule has 4 aliphatic rings. The maximum Gasteiger partial charge on any atom is 0.262 e. The number of benzene rings is 3. The van der Waals surface area contributed by atoms with Gasteiger partial charge in [0.2, 0.25) is 11.8 Å². The van der Waals surface area contributed by atoms with Crippen LogP contribution in [-0.2, 0) is 20.9 Å². The predicted octanol–water partition coefficient (Wildman–Crippen LogP) is 4.89. The molecule has 336 valence electrons. The van der Waals surface area contributed by atoms with Gasteiger partial charge in [0.15, 0.2) is 0 Å². The van der Waals surface area contributed by atoms with E-state index in [1.165, 1.54) is 0 Å². The van der Waals surface area contributed by atoms with Crippen LogP contribution < -0.4 is 30.7 Å². The quantitative estimate of drug-likeness (QED) is 0.116. The maximum atomic E-state index is 13.9. The molecule has 1 aromatic heterocycles. The van der Waals surface area contributed by atoms with Crippen molar-refractivity contribution in [3.63, 3.8) is 0 Å². The Balaban J connectivity index is 0.868. The number of imide groups is 2. The third-order valence-corrected chi connectivity index (χ3v) is 13.1. The zero-order valence-electron chi connectivity index (χ0n) is 37.1. The molecule has 4 aliphatic heterocycles. The lowest BCUT2D eigenvalue weighted by Crippen LogP contribution is -2.54. The Hall–Kier alpha value is -6.32. The summed E-state index contributed by atoms with van der Waals surface area (Å²) in [6, 6.07) is 18.6. The Bertz CT molecular complexity index is 2510. The summed E-state index contributed by atoms with van der Waals surface area (Å²) in [4.78, 5) is 88.1. The van der Waals surface area contributed by atoms with Crippen LogP contribution in [0.3, 0.4) is 0 Å². The van der Waals surface area contributed by atoms with Crippen molar-refractivity contribution in [3.8, 4) is 16.9 Å². The van der Waals surface area contributed by atoms with Gasteiger partial charge < -0.3 is 29.6 Å². The molecule has 15 nitrogen and oxygen atoms in total. The third kappa shape index (κ3) is 9.32. The number of amides is 5. The highest BCUT2D eigenvalue weighted by Gasteiger charge is 2.45. The van der Waals surface area contributed by atoms with Crippen LogP contribution in [0.2, 0.25) is 0 Å². The molecule has 0 aliphatic carbocycles. The Morgan fingerprint density at radius 2 is 1.59 bits per heavy atom. The summed E-state index contributed by atoms with van der Waals surface area (Å²) in [5.41, 5.74) is 7.72. The number of hydrogen-bond donors (Lipinski definition) is 3. The van der Waals surface area contributed by atoms with E-state index < -0.39 is 29.7 Å². The van der Waals surface area contributed by atoms with E-state index in [1.807, 2.05) is 63.2 Å². The number of piperidine rings is 1. The number of carbonyl (C=O) groups is 5. The highest BCUT2D eigenvalue weighted by molar-refractivity contribution is 6.23. The number of H-pyrrole nitrogens is 1. The largest absolute Gasteiger partial charge is 0.494 e. The summed E-state index contributed by atoms with van der Waals surface area (Å²) in [5.74, 6) is -1.50. The number of rotatable bonds is 14. The number of nitrogens with one attached hydrogen (secondary N) is 3. The number of hydrogen-bond acceptors (Lipinski definition) is 11. The molecule has 5 heterocycles. The number of nitrogens with zero attached hydrogens (tertiary/aromatic N) is 4. The lowest BCUT2D eigenvalue weighted by atomic mass is 9.95. The van der Waals surface area contributed by atoms with Gasteiger partial charge in [0, 0.05) is 99.7 Å². The van der Waals surface area contributed by atoms with Gasteiger partial charge in [-0.15, -0.1) is 0 Å². The van der Waals surface area contributed by atoms with Crippen LogP contribution >= 0.6 is 0 Å². The molecule has 3 N–H and O–H groups in total. The first kappa shape index (κ1) is 44.3. The summed E-state index contributed by atoms with van der Waals surface area (Å²) in [6.07, 6.45) is 2.86. The van der Waals surface area contributed by atoms with Gasteiger partial charge in [-0.05, 0) is 124 Å². The first-order valence-corrected chi connectivity index (χ1v) is 22.4. The van der Waals surface area contributed by atoms with Crippen LogP contribution in [0.25, 0.3) is 11.1 Å². The van der Waals surface area contributed by atoms with Crippen molar-refractivity contribution in [2.24, 2.45) is 0 Å². The second kappa shape index (κ2) is 19.2. The molecule has 3 saturated heterocycles. The average molecular weight is 872 g/mol.